The monoisotopic (exact) mass is 284 g/mol. The highest BCUT2D eigenvalue weighted by Gasteiger charge is 2.12. The Labute approximate surface area is 122 Å². The van der Waals surface area contributed by atoms with Gasteiger partial charge in [-0.05, 0) is 36.1 Å². The maximum atomic E-state index is 6.23. The molecule has 0 bridgehead atoms. The van der Waals surface area contributed by atoms with E-state index in [-0.39, 0.29) is 6.04 Å². The van der Waals surface area contributed by atoms with Gasteiger partial charge in [-0.2, -0.15) is 0 Å². The first-order valence-corrected chi connectivity index (χ1v) is 7.73. The number of aromatic nitrogens is 1. The van der Waals surface area contributed by atoms with Gasteiger partial charge in [-0.3, -0.25) is 0 Å². The van der Waals surface area contributed by atoms with Crippen molar-refractivity contribution >= 4 is 22.9 Å². The Morgan fingerprint density at radius 3 is 2.60 bits per heavy atom. The van der Waals surface area contributed by atoms with E-state index in [1.807, 2.05) is 24.3 Å². The highest BCUT2D eigenvalue weighted by atomic mass is 32.2. The average Bonchev–Trinajstić information content (AvgIpc) is 2.89. The summed E-state index contributed by atoms with van der Waals surface area (Å²) in [5, 5.41) is 0. The molecule has 0 fully saturated rings. The number of fused-ring (bicyclic) bond motifs is 1. The molecule has 20 heavy (non-hydrogen) atoms. The molecule has 0 saturated heterocycles. The summed E-state index contributed by atoms with van der Waals surface area (Å²) in [6, 6.07) is 16.0. The van der Waals surface area contributed by atoms with Gasteiger partial charge < -0.3 is 10.2 Å². The summed E-state index contributed by atoms with van der Waals surface area (Å²) in [7, 11) is 0. The van der Waals surface area contributed by atoms with Gasteiger partial charge in [0.05, 0.1) is 0 Å². The highest BCUT2D eigenvalue weighted by molar-refractivity contribution is 7.98. The third kappa shape index (κ3) is 2.71. The number of hydrogen-bond acceptors (Lipinski definition) is 4. The molecule has 3 nitrogen and oxygen atoms in total. The number of hydrogen-bond donors (Lipinski definition) is 1. The first-order valence-electron chi connectivity index (χ1n) is 6.50. The summed E-state index contributed by atoms with van der Waals surface area (Å²) >= 11 is 1.72. The Morgan fingerprint density at radius 2 is 1.90 bits per heavy atom. The summed E-state index contributed by atoms with van der Waals surface area (Å²) in [6.07, 6.45) is 2.67. The molecule has 0 radical (unpaired) electrons. The van der Waals surface area contributed by atoms with Gasteiger partial charge in [0, 0.05) is 17.4 Å². The van der Waals surface area contributed by atoms with Gasteiger partial charge in [-0.1, -0.05) is 24.3 Å². The number of rotatable bonds is 4. The highest BCUT2D eigenvalue weighted by Crippen LogP contribution is 2.22. The van der Waals surface area contributed by atoms with Gasteiger partial charge in [0.1, 0.15) is 5.52 Å². The van der Waals surface area contributed by atoms with Crippen molar-refractivity contribution in [1.82, 2.24) is 4.98 Å². The first-order chi connectivity index (χ1) is 9.76. The van der Waals surface area contributed by atoms with Crippen LogP contribution in [0.25, 0.3) is 11.1 Å². The fraction of sp³-hybridized carbons (Fsp3) is 0.188. The van der Waals surface area contributed by atoms with E-state index in [1.165, 1.54) is 4.90 Å². The van der Waals surface area contributed by atoms with Crippen molar-refractivity contribution in [1.29, 1.82) is 0 Å². The second-order valence-corrected chi connectivity index (χ2v) is 5.54. The number of para-hydroxylation sites is 2. The minimum atomic E-state index is -0.0982. The SMILES string of the molecule is CSc1ccc(C(N)Cc2nc3ccccc3o2)cc1. The zero-order valence-corrected chi connectivity index (χ0v) is 12.1. The van der Waals surface area contributed by atoms with Crippen molar-refractivity contribution in [3.05, 3.63) is 60.0 Å². The molecule has 1 atom stereocenters. The zero-order valence-electron chi connectivity index (χ0n) is 11.2. The lowest BCUT2D eigenvalue weighted by molar-refractivity contribution is 0.502. The van der Waals surface area contributed by atoms with Crippen molar-refractivity contribution in [2.24, 2.45) is 5.73 Å². The van der Waals surface area contributed by atoms with Crippen LogP contribution in [0.3, 0.4) is 0 Å². The van der Waals surface area contributed by atoms with E-state index in [2.05, 4.69) is 35.5 Å². The lowest BCUT2D eigenvalue weighted by atomic mass is 10.1. The van der Waals surface area contributed by atoms with E-state index in [4.69, 9.17) is 10.2 Å². The molecule has 1 unspecified atom stereocenters. The summed E-state index contributed by atoms with van der Waals surface area (Å²) in [4.78, 5) is 5.70. The van der Waals surface area contributed by atoms with Crippen LogP contribution in [-0.4, -0.2) is 11.2 Å². The molecular formula is C16H16N2OS. The van der Waals surface area contributed by atoms with Crippen LogP contribution >= 0.6 is 11.8 Å². The molecule has 1 heterocycles. The third-order valence-electron chi connectivity index (χ3n) is 3.28. The topological polar surface area (TPSA) is 52.0 Å². The van der Waals surface area contributed by atoms with Crippen LogP contribution < -0.4 is 5.73 Å². The van der Waals surface area contributed by atoms with Crippen molar-refractivity contribution < 1.29 is 4.42 Å². The Balaban J connectivity index is 1.78. The molecule has 3 rings (SSSR count). The van der Waals surface area contributed by atoms with Gasteiger partial charge >= 0.3 is 0 Å². The van der Waals surface area contributed by atoms with Crippen LogP contribution in [0.1, 0.15) is 17.5 Å². The molecule has 3 aromatic rings. The summed E-state index contributed by atoms with van der Waals surface area (Å²) in [5.74, 6) is 0.688. The smallest absolute Gasteiger partial charge is 0.197 e. The largest absolute Gasteiger partial charge is 0.441 e. The quantitative estimate of drug-likeness (QED) is 0.740. The van der Waals surface area contributed by atoms with E-state index in [9.17, 15) is 0 Å². The lowest BCUT2D eigenvalue weighted by Gasteiger charge is -2.10. The molecule has 1 aromatic heterocycles. The van der Waals surface area contributed by atoms with Gasteiger partial charge in [-0.15, -0.1) is 11.8 Å². The van der Waals surface area contributed by atoms with Crippen molar-refractivity contribution in [2.45, 2.75) is 17.4 Å². The molecule has 0 spiro atoms. The first kappa shape index (κ1) is 13.2. The number of nitrogens with zero attached hydrogens (tertiary/aromatic N) is 1. The van der Waals surface area contributed by atoms with Gasteiger partial charge in [0.25, 0.3) is 0 Å². The summed E-state index contributed by atoms with van der Waals surface area (Å²) in [6.45, 7) is 0. The Hall–Kier alpha value is -1.78. The van der Waals surface area contributed by atoms with Crippen LogP contribution in [0.15, 0.2) is 57.8 Å². The van der Waals surface area contributed by atoms with Gasteiger partial charge in [-0.25, -0.2) is 4.98 Å². The second-order valence-electron chi connectivity index (χ2n) is 4.66. The van der Waals surface area contributed by atoms with E-state index in [1.54, 1.807) is 11.8 Å². The predicted octanol–water partition coefficient (Wildman–Crippen LogP) is 3.79. The molecule has 0 saturated carbocycles. The van der Waals surface area contributed by atoms with Crippen LogP contribution in [0.5, 0.6) is 0 Å². The number of benzene rings is 2. The fourth-order valence-electron chi connectivity index (χ4n) is 2.16. The van der Waals surface area contributed by atoms with Crippen molar-refractivity contribution in [3.8, 4) is 0 Å². The van der Waals surface area contributed by atoms with E-state index in [0.717, 1.165) is 16.7 Å². The maximum absolute atomic E-state index is 6.23. The second kappa shape index (κ2) is 5.69. The standard InChI is InChI=1S/C16H16N2OS/c1-20-12-8-6-11(7-9-12)13(17)10-16-18-14-4-2-3-5-15(14)19-16/h2-9,13H,10,17H2,1H3. The Kier molecular flexibility index (Phi) is 3.76. The summed E-state index contributed by atoms with van der Waals surface area (Å²) < 4.78 is 5.71. The Bertz CT molecular complexity index is 673. The minimum absolute atomic E-state index is 0.0982. The van der Waals surface area contributed by atoms with E-state index >= 15 is 0 Å². The maximum Gasteiger partial charge on any atom is 0.197 e. The molecule has 2 N–H and O–H groups in total. The van der Waals surface area contributed by atoms with Gasteiger partial charge in [0.2, 0.25) is 0 Å². The number of oxazole rings is 1. The molecule has 102 valence electrons. The summed E-state index contributed by atoms with van der Waals surface area (Å²) in [5.41, 5.74) is 9.03. The molecule has 2 aromatic carbocycles. The molecule has 0 aliphatic rings. The normalized spacial score (nSPS) is 12.7. The predicted molar refractivity (Wildman–Crippen MR) is 82.9 cm³/mol. The van der Waals surface area contributed by atoms with Crippen LogP contribution in [-0.2, 0) is 6.42 Å². The Morgan fingerprint density at radius 1 is 1.15 bits per heavy atom. The molecule has 4 heteroatoms. The molecule has 0 amide bonds. The average molecular weight is 284 g/mol. The van der Waals surface area contributed by atoms with E-state index in [0.29, 0.717) is 12.3 Å². The van der Waals surface area contributed by atoms with Crippen LogP contribution in [0.4, 0.5) is 0 Å². The van der Waals surface area contributed by atoms with Crippen molar-refractivity contribution in [2.75, 3.05) is 6.26 Å². The molecular weight excluding hydrogens is 268 g/mol. The zero-order chi connectivity index (χ0) is 13.9. The fourth-order valence-corrected chi connectivity index (χ4v) is 2.57. The third-order valence-corrected chi connectivity index (χ3v) is 4.02. The number of nitrogens with two attached hydrogens (primary N) is 1. The lowest BCUT2D eigenvalue weighted by Crippen LogP contribution is -2.13. The van der Waals surface area contributed by atoms with Crippen LogP contribution in [0.2, 0.25) is 0 Å². The van der Waals surface area contributed by atoms with E-state index < -0.39 is 0 Å². The van der Waals surface area contributed by atoms with Crippen LogP contribution in [0, 0.1) is 0 Å². The van der Waals surface area contributed by atoms with Gasteiger partial charge in [0.15, 0.2) is 11.5 Å². The molecule has 0 aliphatic carbocycles. The number of thioether (sulfide) groups is 1. The molecule has 0 aliphatic heterocycles. The minimum Gasteiger partial charge on any atom is -0.441 e. The van der Waals surface area contributed by atoms with Crippen molar-refractivity contribution in [3.63, 3.8) is 0 Å².